The number of nitrogens with zero attached hydrogens (tertiary/aromatic N) is 4. The van der Waals surface area contributed by atoms with Gasteiger partial charge in [0.25, 0.3) is 0 Å². The van der Waals surface area contributed by atoms with Crippen LogP contribution in [-0.2, 0) is 0 Å². The number of fused-ring (bicyclic) bond motifs is 1. The van der Waals surface area contributed by atoms with E-state index in [1.807, 2.05) is 30.7 Å². The monoisotopic (exact) mass is 427 g/mol. The molecule has 1 aliphatic rings. The summed E-state index contributed by atoms with van der Waals surface area (Å²) in [6.45, 7) is 8.53. The van der Waals surface area contributed by atoms with Crippen LogP contribution in [0.1, 0.15) is 32.5 Å². The first-order valence-electron chi connectivity index (χ1n) is 11.2. The van der Waals surface area contributed by atoms with Crippen LogP contribution in [0.4, 0.5) is 11.5 Å². The Kier molecular flexibility index (Phi) is 5.49. The maximum atomic E-state index is 5.01. The number of nitrogens with one attached hydrogen (secondary N) is 3. The molecule has 4 aromatic heterocycles. The van der Waals surface area contributed by atoms with E-state index >= 15 is 0 Å². The molecular weight excluding hydrogens is 398 g/mol. The summed E-state index contributed by atoms with van der Waals surface area (Å²) in [7, 11) is 0. The fraction of sp³-hybridized carbons (Fsp3) is 0.320. The number of aromatic nitrogens is 4. The molecule has 32 heavy (non-hydrogen) atoms. The van der Waals surface area contributed by atoms with Crippen molar-refractivity contribution in [2.45, 2.75) is 38.9 Å². The van der Waals surface area contributed by atoms with E-state index in [4.69, 9.17) is 4.98 Å². The smallest absolute Gasteiger partial charge is 0.139 e. The largest absolute Gasteiger partial charge is 0.376 e. The van der Waals surface area contributed by atoms with Gasteiger partial charge in [0.2, 0.25) is 0 Å². The molecule has 1 fully saturated rings. The van der Waals surface area contributed by atoms with E-state index in [0.29, 0.717) is 12.1 Å². The Balaban J connectivity index is 1.43. The summed E-state index contributed by atoms with van der Waals surface area (Å²) >= 11 is 0. The summed E-state index contributed by atoms with van der Waals surface area (Å²) in [5.74, 6) is 1.04. The molecule has 1 aliphatic heterocycles. The molecule has 0 radical (unpaired) electrons. The first-order chi connectivity index (χ1) is 15.6. The van der Waals surface area contributed by atoms with Crippen LogP contribution in [-0.4, -0.2) is 45.1 Å². The van der Waals surface area contributed by atoms with Crippen LogP contribution in [0, 0.1) is 0 Å². The van der Waals surface area contributed by atoms with Crippen molar-refractivity contribution in [3.05, 3.63) is 66.9 Å². The van der Waals surface area contributed by atoms with Crippen LogP contribution in [0.2, 0.25) is 0 Å². The van der Waals surface area contributed by atoms with Crippen molar-refractivity contribution in [3.63, 3.8) is 0 Å². The topological polar surface area (TPSA) is 81.8 Å². The predicted molar refractivity (Wildman–Crippen MR) is 130 cm³/mol. The number of anilines is 2. The predicted octanol–water partition coefficient (Wildman–Crippen LogP) is 4.38. The number of H-pyrrole nitrogens is 1. The highest BCUT2D eigenvalue weighted by Gasteiger charge is 2.22. The summed E-state index contributed by atoms with van der Waals surface area (Å²) < 4.78 is 0. The molecule has 1 saturated heterocycles. The average Bonchev–Trinajstić information content (AvgIpc) is 3.24. The standard InChI is InChI=1S/C25H29N7/c1-16-14-32(15-17(2)29-16)23-8-4-7-21(31-23)18(3)30-22-9-11-27-25-24(22)20(13-28-25)19-6-5-10-26-12-19/h4-13,16-18,29H,14-15H2,1-3H3,(H2,27,28,30)/t16-,17+,18?. The average molecular weight is 428 g/mol. The van der Waals surface area contributed by atoms with Crippen molar-refractivity contribution in [2.24, 2.45) is 0 Å². The molecule has 0 amide bonds. The summed E-state index contributed by atoms with van der Waals surface area (Å²) in [5.41, 5.74) is 5.04. The molecule has 0 bridgehead atoms. The molecule has 4 aromatic rings. The Labute approximate surface area is 188 Å². The number of aromatic amines is 1. The maximum Gasteiger partial charge on any atom is 0.139 e. The van der Waals surface area contributed by atoms with E-state index in [0.717, 1.165) is 52.4 Å². The highest BCUT2D eigenvalue weighted by atomic mass is 15.3. The van der Waals surface area contributed by atoms with Crippen LogP contribution in [0.25, 0.3) is 22.2 Å². The second-order valence-corrected chi connectivity index (χ2v) is 8.69. The first kappa shape index (κ1) is 20.5. The van der Waals surface area contributed by atoms with Gasteiger partial charge in [0.15, 0.2) is 0 Å². The maximum absolute atomic E-state index is 5.01. The summed E-state index contributed by atoms with van der Waals surface area (Å²) in [6.07, 6.45) is 7.49. The van der Waals surface area contributed by atoms with E-state index in [2.05, 4.69) is 75.5 Å². The summed E-state index contributed by atoms with van der Waals surface area (Å²) in [6, 6.07) is 13.3. The second-order valence-electron chi connectivity index (χ2n) is 8.69. The minimum absolute atomic E-state index is 0.0370. The van der Waals surface area contributed by atoms with Crippen molar-refractivity contribution in [1.82, 2.24) is 25.3 Å². The van der Waals surface area contributed by atoms with Crippen LogP contribution < -0.4 is 15.5 Å². The molecule has 0 saturated carbocycles. The van der Waals surface area contributed by atoms with Gasteiger partial charge in [-0.2, -0.15) is 0 Å². The lowest BCUT2D eigenvalue weighted by molar-refractivity contribution is 0.405. The first-order valence-corrected chi connectivity index (χ1v) is 11.2. The molecule has 5 rings (SSSR count). The SMILES string of the molecule is CC(Nc1ccnc2[nH]cc(-c3cccnc3)c12)c1cccc(N2C[C@@H](C)N[C@@H](C)C2)n1. The lowest BCUT2D eigenvalue weighted by Gasteiger charge is -2.37. The summed E-state index contributed by atoms with van der Waals surface area (Å²) in [4.78, 5) is 19.5. The zero-order valence-electron chi connectivity index (χ0n) is 18.7. The zero-order chi connectivity index (χ0) is 22.1. The van der Waals surface area contributed by atoms with Crippen molar-refractivity contribution in [2.75, 3.05) is 23.3 Å². The van der Waals surface area contributed by atoms with Gasteiger partial charge in [0, 0.05) is 72.2 Å². The van der Waals surface area contributed by atoms with Crippen LogP contribution in [0.3, 0.4) is 0 Å². The number of piperazine rings is 1. The Morgan fingerprint density at radius 2 is 1.91 bits per heavy atom. The van der Waals surface area contributed by atoms with Crippen molar-refractivity contribution < 1.29 is 0 Å². The lowest BCUT2D eigenvalue weighted by Crippen LogP contribution is -2.54. The van der Waals surface area contributed by atoms with E-state index in [-0.39, 0.29) is 6.04 Å². The fourth-order valence-corrected chi connectivity index (χ4v) is 4.60. The molecule has 0 spiro atoms. The minimum atomic E-state index is 0.0370. The fourth-order valence-electron chi connectivity index (χ4n) is 4.60. The molecule has 164 valence electrons. The number of hydrogen-bond donors (Lipinski definition) is 3. The molecule has 1 unspecified atom stereocenters. The van der Waals surface area contributed by atoms with Gasteiger partial charge in [-0.05, 0) is 45.0 Å². The van der Waals surface area contributed by atoms with Gasteiger partial charge in [-0.3, -0.25) is 4.98 Å². The quantitative estimate of drug-likeness (QED) is 0.439. The van der Waals surface area contributed by atoms with E-state index in [1.165, 1.54) is 0 Å². The van der Waals surface area contributed by atoms with E-state index in [1.54, 1.807) is 6.20 Å². The molecule has 0 aromatic carbocycles. The third-order valence-corrected chi connectivity index (χ3v) is 6.00. The highest BCUT2D eigenvalue weighted by molar-refractivity contribution is 6.02. The molecule has 0 aliphatic carbocycles. The Bertz CT molecular complexity index is 1190. The van der Waals surface area contributed by atoms with Crippen LogP contribution in [0.15, 0.2) is 61.2 Å². The van der Waals surface area contributed by atoms with E-state index in [9.17, 15) is 0 Å². The van der Waals surface area contributed by atoms with Crippen molar-refractivity contribution in [3.8, 4) is 11.1 Å². The molecule has 7 heteroatoms. The van der Waals surface area contributed by atoms with E-state index < -0.39 is 0 Å². The molecule has 7 nitrogen and oxygen atoms in total. The van der Waals surface area contributed by atoms with Gasteiger partial charge in [0.05, 0.1) is 11.7 Å². The van der Waals surface area contributed by atoms with Crippen LogP contribution >= 0.6 is 0 Å². The van der Waals surface area contributed by atoms with Gasteiger partial charge in [-0.15, -0.1) is 0 Å². The molecule has 5 heterocycles. The number of pyridine rings is 3. The van der Waals surface area contributed by atoms with Crippen molar-refractivity contribution >= 4 is 22.5 Å². The Hall–Kier alpha value is -3.45. The number of hydrogen-bond acceptors (Lipinski definition) is 6. The Morgan fingerprint density at radius 1 is 1.06 bits per heavy atom. The summed E-state index contributed by atoms with van der Waals surface area (Å²) in [5, 5.41) is 8.32. The third kappa shape index (κ3) is 4.03. The van der Waals surface area contributed by atoms with Crippen LogP contribution in [0.5, 0.6) is 0 Å². The van der Waals surface area contributed by atoms with Gasteiger partial charge >= 0.3 is 0 Å². The van der Waals surface area contributed by atoms with Gasteiger partial charge in [0.1, 0.15) is 11.5 Å². The minimum Gasteiger partial charge on any atom is -0.376 e. The number of rotatable bonds is 5. The van der Waals surface area contributed by atoms with Gasteiger partial charge in [-0.1, -0.05) is 12.1 Å². The van der Waals surface area contributed by atoms with Crippen molar-refractivity contribution in [1.29, 1.82) is 0 Å². The Morgan fingerprint density at radius 3 is 2.69 bits per heavy atom. The highest BCUT2D eigenvalue weighted by Crippen LogP contribution is 2.34. The molecular formula is C25H29N7. The van der Waals surface area contributed by atoms with Gasteiger partial charge < -0.3 is 20.5 Å². The zero-order valence-corrected chi connectivity index (χ0v) is 18.7. The lowest BCUT2D eigenvalue weighted by atomic mass is 10.1. The molecule has 3 N–H and O–H groups in total. The van der Waals surface area contributed by atoms with Gasteiger partial charge in [-0.25, -0.2) is 9.97 Å². The second kappa shape index (κ2) is 8.59. The normalized spacial score (nSPS) is 19.8. The molecule has 3 atom stereocenters. The third-order valence-electron chi connectivity index (χ3n) is 6.00.